The number of H-pyrrole nitrogens is 1. The number of aryl methyl sites for hydroxylation is 1. The summed E-state index contributed by atoms with van der Waals surface area (Å²) < 4.78 is 39.1. The summed E-state index contributed by atoms with van der Waals surface area (Å²) >= 11 is 0. The number of aliphatic hydroxyl groups excluding tert-OH is 1. The van der Waals surface area contributed by atoms with Gasteiger partial charge in [0.25, 0.3) is 11.9 Å². The molecule has 3 rings (SSSR count). The van der Waals surface area contributed by atoms with Crippen LogP contribution in [-0.2, 0) is 11.0 Å². The van der Waals surface area contributed by atoms with Gasteiger partial charge in [-0.15, -0.1) is 0 Å². The molecule has 1 atom stereocenters. The van der Waals surface area contributed by atoms with Crippen molar-refractivity contribution in [3.05, 3.63) is 58.7 Å². The Morgan fingerprint density at radius 1 is 1.27 bits per heavy atom. The van der Waals surface area contributed by atoms with Crippen LogP contribution in [-0.4, -0.2) is 44.2 Å². The number of amides is 1. The average molecular weight is 464 g/mol. The van der Waals surface area contributed by atoms with Crippen LogP contribution in [0.15, 0.2) is 30.6 Å². The van der Waals surface area contributed by atoms with Gasteiger partial charge >= 0.3 is 6.18 Å². The normalized spacial score (nSPS) is 12.5. The molecule has 176 valence electrons. The first-order valence-electron chi connectivity index (χ1n) is 10.0. The molecule has 12 heteroatoms. The highest BCUT2D eigenvalue weighted by atomic mass is 19.4. The predicted octanol–water partition coefficient (Wildman–Crippen LogP) is 3.33. The third-order valence-electron chi connectivity index (χ3n) is 4.87. The topological polar surface area (TPSA) is 125 Å². The van der Waals surface area contributed by atoms with Crippen molar-refractivity contribution >= 4 is 11.9 Å². The van der Waals surface area contributed by atoms with Gasteiger partial charge in [-0.2, -0.15) is 23.1 Å². The Balaban J connectivity index is 1.87. The van der Waals surface area contributed by atoms with Gasteiger partial charge in [0.1, 0.15) is 12.0 Å². The van der Waals surface area contributed by atoms with E-state index in [1.807, 2.05) is 0 Å². The molecule has 33 heavy (non-hydrogen) atoms. The third-order valence-corrected chi connectivity index (χ3v) is 4.87. The van der Waals surface area contributed by atoms with E-state index in [4.69, 9.17) is 4.84 Å². The molecule has 0 saturated heterocycles. The molecule has 2 heterocycles. The second-order valence-electron chi connectivity index (χ2n) is 7.12. The van der Waals surface area contributed by atoms with Crippen molar-refractivity contribution in [3.63, 3.8) is 0 Å². The fourth-order valence-electron chi connectivity index (χ4n) is 3.31. The zero-order chi connectivity index (χ0) is 24.2. The minimum atomic E-state index is -4.54. The van der Waals surface area contributed by atoms with Crippen LogP contribution in [0.3, 0.4) is 0 Å². The predicted molar refractivity (Wildman–Crippen MR) is 113 cm³/mol. The second kappa shape index (κ2) is 9.96. The Kier molecular flexibility index (Phi) is 7.29. The van der Waals surface area contributed by atoms with Gasteiger partial charge in [-0.3, -0.25) is 9.63 Å². The summed E-state index contributed by atoms with van der Waals surface area (Å²) in [6.45, 7) is 5.02. The molecule has 0 saturated carbocycles. The first-order valence-corrected chi connectivity index (χ1v) is 10.0. The zero-order valence-corrected chi connectivity index (χ0v) is 18.1. The van der Waals surface area contributed by atoms with E-state index in [0.29, 0.717) is 29.3 Å². The monoisotopic (exact) mass is 464 g/mol. The van der Waals surface area contributed by atoms with Gasteiger partial charge in [0.05, 0.1) is 24.8 Å². The Bertz CT molecular complexity index is 1130. The second-order valence-corrected chi connectivity index (χ2v) is 7.12. The molecule has 9 nitrogen and oxygen atoms in total. The minimum absolute atomic E-state index is 0.130. The first-order chi connectivity index (χ1) is 15.7. The maximum atomic E-state index is 13.0. The van der Waals surface area contributed by atoms with Crippen LogP contribution >= 0.6 is 0 Å². The van der Waals surface area contributed by atoms with Crippen LogP contribution in [0.5, 0.6) is 0 Å². The summed E-state index contributed by atoms with van der Waals surface area (Å²) in [5.74, 6) is -0.105. The maximum absolute atomic E-state index is 13.0. The summed E-state index contributed by atoms with van der Waals surface area (Å²) in [5.41, 5.74) is 3.72. The highest BCUT2D eigenvalue weighted by molar-refractivity contribution is 5.96. The highest BCUT2D eigenvalue weighted by Gasteiger charge is 2.31. The lowest BCUT2D eigenvalue weighted by molar-refractivity contribution is -0.137. The molecule has 0 spiro atoms. The standard InChI is InChI=1S/C21H23F3N6O3/c1-4-33-30-20-26-10-25-18(29-20)16-11(2)17(27-12(16)3)19(32)28-15(9-31)13-6-5-7-14(8-13)21(22,23)24/h5-8,10,15,27,31H,4,9H2,1-3H3,(H,28,32)(H,25,26,29,30)/t15-/m1/s1. The zero-order valence-electron chi connectivity index (χ0n) is 18.1. The number of nitrogens with zero attached hydrogens (tertiary/aromatic N) is 3. The van der Waals surface area contributed by atoms with Gasteiger partial charge in [0.15, 0.2) is 5.82 Å². The fraction of sp³-hybridized carbons (Fsp3) is 0.333. The number of rotatable bonds is 8. The summed E-state index contributed by atoms with van der Waals surface area (Å²) in [6.07, 6.45) is -3.24. The van der Waals surface area contributed by atoms with Crippen LogP contribution in [0.4, 0.5) is 19.1 Å². The number of aromatic nitrogens is 4. The van der Waals surface area contributed by atoms with Crippen LogP contribution in [0.25, 0.3) is 11.4 Å². The number of carbonyl (C=O) groups excluding carboxylic acids is 1. The van der Waals surface area contributed by atoms with E-state index >= 15 is 0 Å². The van der Waals surface area contributed by atoms with E-state index in [-0.39, 0.29) is 17.2 Å². The molecule has 0 fully saturated rings. The SMILES string of the molecule is CCONc1ncnc(-c2c(C)[nH]c(C(=O)N[C@H](CO)c3cccc(C(F)(F)F)c3)c2C)n1. The number of aromatic amines is 1. The van der Waals surface area contributed by atoms with Crippen molar-refractivity contribution in [2.24, 2.45) is 0 Å². The number of anilines is 1. The van der Waals surface area contributed by atoms with E-state index in [0.717, 1.165) is 12.1 Å². The molecule has 0 unspecified atom stereocenters. The van der Waals surface area contributed by atoms with E-state index < -0.39 is 30.3 Å². The summed E-state index contributed by atoms with van der Waals surface area (Å²) in [4.78, 5) is 33.4. The lowest BCUT2D eigenvalue weighted by Crippen LogP contribution is -2.31. The van der Waals surface area contributed by atoms with Gasteiger partial charge in [-0.25, -0.2) is 10.5 Å². The molecule has 2 aromatic heterocycles. The van der Waals surface area contributed by atoms with Gasteiger partial charge in [-0.05, 0) is 44.0 Å². The van der Waals surface area contributed by atoms with E-state index in [9.17, 15) is 23.1 Å². The first kappa shape index (κ1) is 24.1. The number of carbonyl (C=O) groups is 1. The molecule has 0 aliphatic heterocycles. The Morgan fingerprint density at radius 2 is 2.03 bits per heavy atom. The molecule has 0 aliphatic carbocycles. The minimum Gasteiger partial charge on any atom is -0.394 e. The Labute approximate surface area is 187 Å². The number of nitrogens with one attached hydrogen (secondary N) is 3. The molecule has 3 aromatic rings. The van der Waals surface area contributed by atoms with E-state index in [1.54, 1.807) is 20.8 Å². The molecule has 0 radical (unpaired) electrons. The summed E-state index contributed by atoms with van der Waals surface area (Å²) in [6, 6.07) is 3.42. The number of benzene rings is 1. The fourth-order valence-corrected chi connectivity index (χ4v) is 3.31. The van der Waals surface area contributed by atoms with Gasteiger partial charge in [0, 0.05) is 11.3 Å². The average Bonchev–Trinajstić information content (AvgIpc) is 3.09. The summed E-state index contributed by atoms with van der Waals surface area (Å²) in [7, 11) is 0. The largest absolute Gasteiger partial charge is 0.416 e. The summed E-state index contributed by atoms with van der Waals surface area (Å²) in [5, 5.41) is 12.3. The Morgan fingerprint density at radius 3 is 2.70 bits per heavy atom. The molecule has 1 aromatic carbocycles. The van der Waals surface area contributed by atoms with Crippen molar-refractivity contribution in [2.75, 3.05) is 18.7 Å². The van der Waals surface area contributed by atoms with E-state index in [1.165, 1.54) is 18.5 Å². The number of hydrogen-bond acceptors (Lipinski definition) is 7. The van der Waals surface area contributed by atoms with Crippen molar-refractivity contribution in [1.82, 2.24) is 25.3 Å². The lowest BCUT2D eigenvalue weighted by Gasteiger charge is -2.18. The van der Waals surface area contributed by atoms with Crippen LogP contribution in [0, 0.1) is 13.8 Å². The van der Waals surface area contributed by atoms with Crippen molar-refractivity contribution < 1.29 is 27.9 Å². The van der Waals surface area contributed by atoms with Crippen LogP contribution < -0.4 is 10.8 Å². The number of aliphatic hydroxyl groups is 1. The van der Waals surface area contributed by atoms with Gasteiger partial charge < -0.3 is 15.4 Å². The Hall–Kier alpha value is -3.51. The van der Waals surface area contributed by atoms with Crippen molar-refractivity contribution in [3.8, 4) is 11.4 Å². The van der Waals surface area contributed by atoms with E-state index in [2.05, 4.69) is 30.7 Å². The molecule has 1 amide bonds. The lowest BCUT2D eigenvalue weighted by atomic mass is 10.0. The number of alkyl halides is 3. The van der Waals surface area contributed by atoms with Crippen molar-refractivity contribution in [2.45, 2.75) is 33.0 Å². The van der Waals surface area contributed by atoms with Crippen LogP contribution in [0.2, 0.25) is 0 Å². The molecular formula is C21H23F3N6O3. The highest BCUT2D eigenvalue weighted by Crippen LogP contribution is 2.31. The van der Waals surface area contributed by atoms with Crippen LogP contribution in [0.1, 0.15) is 45.8 Å². The number of hydrogen-bond donors (Lipinski definition) is 4. The smallest absolute Gasteiger partial charge is 0.394 e. The van der Waals surface area contributed by atoms with Gasteiger partial charge in [0.2, 0.25) is 0 Å². The molecule has 0 aliphatic rings. The quantitative estimate of drug-likeness (QED) is 0.377. The third kappa shape index (κ3) is 5.46. The van der Waals surface area contributed by atoms with Gasteiger partial charge in [-0.1, -0.05) is 12.1 Å². The maximum Gasteiger partial charge on any atom is 0.416 e. The molecular weight excluding hydrogens is 441 g/mol. The molecule has 4 N–H and O–H groups in total. The van der Waals surface area contributed by atoms with Crippen molar-refractivity contribution in [1.29, 1.82) is 0 Å². The number of halogens is 3. The molecule has 0 bridgehead atoms.